The van der Waals surface area contributed by atoms with E-state index in [1.54, 1.807) is 18.3 Å². The maximum absolute atomic E-state index is 12.6. The molecule has 0 unspecified atom stereocenters. The van der Waals surface area contributed by atoms with Crippen molar-refractivity contribution >= 4 is 21.5 Å². The first-order valence-corrected chi connectivity index (χ1v) is 10.5. The Labute approximate surface area is 164 Å². The lowest BCUT2D eigenvalue weighted by atomic mass is 10.1. The highest BCUT2D eigenvalue weighted by Gasteiger charge is 2.15. The lowest BCUT2D eigenvalue weighted by molar-refractivity contribution is 0.600. The van der Waals surface area contributed by atoms with Gasteiger partial charge >= 0.3 is 0 Å². The molecule has 0 fully saturated rings. The van der Waals surface area contributed by atoms with Crippen molar-refractivity contribution in [3.63, 3.8) is 0 Å². The molecule has 28 heavy (non-hydrogen) atoms. The normalized spacial score (nSPS) is 11.6. The third-order valence-electron chi connectivity index (χ3n) is 4.49. The van der Waals surface area contributed by atoms with E-state index in [0.717, 1.165) is 28.1 Å². The molecule has 0 atom stereocenters. The summed E-state index contributed by atoms with van der Waals surface area (Å²) in [6.45, 7) is 3.91. The topological polar surface area (TPSA) is 76.4 Å². The molecule has 0 aliphatic heterocycles. The zero-order valence-corrected chi connectivity index (χ0v) is 16.4. The van der Waals surface area contributed by atoms with Crippen molar-refractivity contribution in [2.45, 2.75) is 19.6 Å². The highest BCUT2D eigenvalue weighted by atomic mass is 32.2. The number of benzene rings is 2. The van der Waals surface area contributed by atoms with Crippen LogP contribution in [0.5, 0.6) is 0 Å². The molecule has 1 N–H and O–H groups in total. The Hall–Kier alpha value is -3.19. The minimum atomic E-state index is -3.53. The van der Waals surface area contributed by atoms with E-state index in [9.17, 15) is 8.42 Å². The number of fused-ring (bicyclic) bond motifs is 1. The Morgan fingerprint density at radius 1 is 1.04 bits per heavy atom. The van der Waals surface area contributed by atoms with Gasteiger partial charge in [-0.1, -0.05) is 42.0 Å². The summed E-state index contributed by atoms with van der Waals surface area (Å²) in [7, 11) is -3.53. The molecule has 2 aromatic heterocycles. The minimum absolute atomic E-state index is 0.0732. The number of aromatic nitrogens is 3. The highest BCUT2D eigenvalue weighted by Crippen LogP contribution is 2.26. The zero-order chi connectivity index (χ0) is 19.7. The largest absolute Gasteiger partial charge is 0.288 e. The average molecular weight is 392 g/mol. The van der Waals surface area contributed by atoms with Gasteiger partial charge in [0.15, 0.2) is 0 Å². The number of hydrogen-bond donors (Lipinski definition) is 1. The van der Waals surface area contributed by atoms with E-state index in [-0.39, 0.29) is 5.75 Å². The molecule has 0 bridgehead atoms. The molecular weight excluding hydrogens is 372 g/mol. The van der Waals surface area contributed by atoms with Crippen molar-refractivity contribution in [1.82, 2.24) is 14.4 Å². The monoisotopic (exact) mass is 392 g/mol. The van der Waals surface area contributed by atoms with Gasteiger partial charge in [-0.3, -0.25) is 9.12 Å². The molecule has 0 amide bonds. The van der Waals surface area contributed by atoms with Gasteiger partial charge in [0.05, 0.1) is 11.4 Å². The SMILES string of the molecule is Cc1cccc(CS(=O)(=O)Nc2cccc(-c3nc4ncccn4c3C)c2)c1. The van der Waals surface area contributed by atoms with Gasteiger partial charge in [-0.25, -0.2) is 18.4 Å². The molecule has 0 saturated heterocycles. The fraction of sp³-hybridized carbons (Fsp3) is 0.143. The Bertz CT molecular complexity index is 1260. The van der Waals surface area contributed by atoms with E-state index >= 15 is 0 Å². The molecule has 0 radical (unpaired) electrons. The summed E-state index contributed by atoms with van der Waals surface area (Å²) >= 11 is 0. The summed E-state index contributed by atoms with van der Waals surface area (Å²) in [5.74, 6) is 0.538. The average Bonchev–Trinajstić information content (AvgIpc) is 2.98. The van der Waals surface area contributed by atoms with Gasteiger partial charge in [-0.15, -0.1) is 0 Å². The highest BCUT2D eigenvalue weighted by molar-refractivity contribution is 7.91. The number of nitrogens with one attached hydrogen (secondary N) is 1. The number of nitrogens with zero attached hydrogens (tertiary/aromatic N) is 3. The summed E-state index contributed by atoms with van der Waals surface area (Å²) in [5.41, 5.74) is 4.85. The molecule has 2 aromatic carbocycles. The van der Waals surface area contributed by atoms with Crippen LogP contribution in [-0.4, -0.2) is 22.8 Å². The van der Waals surface area contributed by atoms with E-state index < -0.39 is 10.0 Å². The predicted octanol–water partition coefficient (Wildman–Crippen LogP) is 3.96. The number of anilines is 1. The van der Waals surface area contributed by atoms with Crippen molar-refractivity contribution in [1.29, 1.82) is 0 Å². The smallest absolute Gasteiger partial charge is 0.236 e. The van der Waals surface area contributed by atoms with Crippen LogP contribution in [0.25, 0.3) is 17.0 Å². The van der Waals surface area contributed by atoms with Gasteiger partial charge in [0.1, 0.15) is 0 Å². The molecular formula is C21H20N4O2S. The third kappa shape index (κ3) is 3.75. The van der Waals surface area contributed by atoms with Gasteiger partial charge < -0.3 is 0 Å². The van der Waals surface area contributed by atoms with Crippen molar-refractivity contribution in [2.24, 2.45) is 0 Å². The van der Waals surface area contributed by atoms with Crippen LogP contribution in [0, 0.1) is 13.8 Å². The number of sulfonamides is 1. The van der Waals surface area contributed by atoms with Gasteiger partial charge in [-0.2, -0.15) is 0 Å². The number of imidazole rings is 1. The first-order chi connectivity index (χ1) is 13.4. The molecule has 4 rings (SSSR count). The lowest BCUT2D eigenvalue weighted by Crippen LogP contribution is -2.15. The molecule has 6 nitrogen and oxygen atoms in total. The van der Waals surface area contributed by atoms with Crippen LogP contribution in [0.4, 0.5) is 5.69 Å². The van der Waals surface area contributed by atoms with Crippen LogP contribution in [0.1, 0.15) is 16.8 Å². The van der Waals surface area contributed by atoms with Crippen LogP contribution in [-0.2, 0) is 15.8 Å². The van der Waals surface area contributed by atoms with Crippen LogP contribution in [0.2, 0.25) is 0 Å². The second kappa shape index (κ2) is 7.09. The Kier molecular flexibility index (Phi) is 4.60. The maximum atomic E-state index is 12.6. The molecule has 0 aliphatic carbocycles. The van der Waals surface area contributed by atoms with Crippen LogP contribution >= 0.6 is 0 Å². The Morgan fingerprint density at radius 3 is 2.64 bits per heavy atom. The summed E-state index contributed by atoms with van der Waals surface area (Å²) in [6, 6.07) is 16.6. The van der Waals surface area contributed by atoms with Crippen molar-refractivity contribution < 1.29 is 8.42 Å². The van der Waals surface area contributed by atoms with E-state index in [0.29, 0.717) is 11.5 Å². The molecule has 0 saturated carbocycles. The fourth-order valence-corrected chi connectivity index (χ4v) is 4.42. The maximum Gasteiger partial charge on any atom is 0.236 e. The third-order valence-corrected chi connectivity index (χ3v) is 5.75. The van der Waals surface area contributed by atoms with Crippen molar-refractivity contribution in [3.05, 3.63) is 83.8 Å². The second-order valence-electron chi connectivity index (χ2n) is 6.77. The number of rotatable bonds is 5. The van der Waals surface area contributed by atoms with E-state index in [4.69, 9.17) is 0 Å². The standard InChI is InChI=1S/C21H20N4O2S/c1-15-6-3-7-17(12-15)14-28(26,27)24-19-9-4-8-18(13-19)20-16(2)25-11-5-10-22-21(25)23-20/h3-13,24H,14H2,1-2H3. The molecule has 0 spiro atoms. The number of aryl methyl sites for hydroxylation is 2. The van der Waals surface area contributed by atoms with Gasteiger partial charge in [0.2, 0.25) is 15.8 Å². The molecule has 2 heterocycles. The number of hydrogen-bond acceptors (Lipinski definition) is 4. The van der Waals surface area contributed by atoms with E-state index in [2.05, 4.69) is 14.7 Å². The van der Waals surface area contributed by atoms with Gasteiger partial charge in [-0.05, 0) is 37.6 Å². The van der Waals surface area contributed by atoms with E-state index in [1.807, 2.05) is 66.9 Å². The summed E-state index contributed by atoms with van der Waals surface area (Å²) < 4.78 is 29.8. The lowest BCUT2D eigenvalue weighted by Gasteiger charge is -2.10. The summed E-state index contributed by atoms with van der Waals surface area (Å²) in [5, 5.41) is 0. The summed E-state index contributed by atoms with van der Waals surface area (Å²) in [4.78, 5) is 8.84. The predicted molar refractivity (Wildman–Crippen MR) is 111 cm³/mol. The fourth-order valence-electron chi connectivity index (χ4n) is 3.24. The second-order valence-corrected chi connectivity index (χ2v) is 8.49. The van der Waals surface area contributed by atoms with Gasteiger partial charge in [0.25, 0.3) is 0 Å². The zero-order valence-electron chi connectivity index (χ0n) is 15.6. The van der Waals surface area contributed by atoms with Crippen molar-refractivity contribution in [2.75, 3.05) is 4.72 Å². The van der Waals surface area contributed by atoms with Gasteiger partial charge in [0, 0.05) is 29.3 Å². The first-order valence-electron chi connectivity index (χ1n) is 8.87. The molecule has 142 valence electrons. The van der Waals surface area contributed by atoms with E-state index in [1.165, 1.54) is 0 Å². The van der Waals surface area contributed by atoms with Crippen molar-refractivity contribution in [3.8, 4) is 11.3 Å². The van der Waals surface area contributed by atoms with Crippen LogP contribution in [0.15, 0.2) is 67.0 Å². The summed E-state index contributed by atoms with van der Waals surface area (Å²) in [6.07, 6.45) is 3.60. The van der Waals surface area contributed by atoms with Crippen LogP contribution in [0.3, 0.4) is 0 Å². The quantitative estimate of drug-likeness (QED) is 0.558. The Balaban J connectivity index is 1.62. The first kappa shape index (κ1) is 18.2. The van der Waals surface area contributed by atoms with Crippen LogP contribution < -0.4 is 4.72 Å². The molecule has 7 heteroatoms. The molecule has 4 aromatic rings. The molecule has 0 aliphatic rings. The Morgan fingerprint density at radius 2 is 1.86 bits per heavy atom. The minimum Gasteiger partial charge on any atom is -0.288 e.